The fraction of sp³-hybridized carbons (Fsp3) is 0.917. The highest BCUT2D eigenvalue weighted by molar-refractivity contribution is 5.78. The second-order valence-corrected chi connectivity index (χ2v) is 5.11. The number of unbranched alkanes of at least 4 members (excludes halogenated alkanes) is 1. The number of carbonyl (C=O) groups excluding carboxylic acids is 1. The first-order valence-electron chi connectivity index (χ1n) is 6.29. The van der Waals surface area contributed by atoms with Crippen molar-refractivity contribution in [1.29, 1.82) is 0 Å². The van der Waals surface area contributed by atoms with E-state index in [-0.39, 0.29) is 11.4 Å². The van der Waals surface area contributed by atoms with Crippen molar-refractivity contribution in [3.63, 3.8) is 0 Å². The fourth-order valence-corrected chi connectivity index (χ4v) is 1.95. The van der Waals surface area contributed by atoms with Gasteiger partial charge in [-0.3, -0.25) is 9.69 Å². The Labute approximate surface area is 98.8 Å². The number of piperazine rings is 1. The highest BCUT2D eigenvalue weighted by Gasteiger charge is 2.30. The summed E-state index contributed by atoms with van der Waals surface area (Å²) in [5.41, 5.74) is 0.0837. The summed E-state index contributed by atoms with van der Waals surface area (Å²) in [7, 11) is 0. The first-order valence-corrected chi connectivity index (χ1v) is 6.29. The lowest BCUT2D eigenvalue weighted by Crippen LogP contribution is -2.59. The molecule has 16 heavy (non-hydrogen) atoms. The average molecular weight is 227 g/mol. The molecule has 1 aliphatic heterocycles. The third-order valence-corrected chi connectivity index (χ3v) is 3.16. The monoisotopic (exact) mass is 227 g/mol. The maximum atomic E-state index is 11.7. The molecule has 0 spiro atoms. The predicted octanol–water partition coefficient (Wildman–Crippen LogP) is 0.587. The van der Waals surface area contributed by atoms with Crippen molar-refractivity contribution in [2.45, 2.75) is 39.2 Å². The minimum absolute atomic E-state index is 0.0837. The molecule has 2 N–H and O–H groups in total. The van der Waals surface area contributed by atoms with Crippen molar-refractivity contribution in [1.82, 2.24) is 15.5 Å². The molecule has 0 bridgehead atoms. The molecule has 1 saturated heterocycles. The highest BCUT2D eigenvalue weighted by atomic mass is 16.2. The van der Waals surface area contributed by atoms with E-state index in [0.29, 0.717) is 6.54 Å². The Balaban J connectivity index is 2.31. The maximum absolute atomic E-state index is 11.7. The van der Waals surface area contributed by atoms with Gasteiger partial charge in [0.2, 0.25) is 5.91 Å². The zero-order valence-corrected chi connectivity index (χ0v) is 10.8. The molecule has 94 valence electrons. The van der Waals surface area contributed by atoms with Crippen molar-refractivity contribution < 1.29 is 4.79 Å². The van der Waals surface area contributed by atoms with Crippen molar-refractivity contribution in [3.8, 4) is 0 Å². The number of carbonyl (C=O) groups is 1. The van der Waals surface area contributed by atoms with Gasteiger partial charge in [0.05, 0.1) is 6.54 Å². The Hall–Kier alpha value is -0.610. The summed E-state index contributed by atoms with van der Waals surface area (Å²) in [5.74, 6) is 0.156. The Bertz CT molecular complexity index is 228. The first-order chi connectivity index (χ1) is 7.56. The number of hydrogen-bond acceptors (Lipinski definition) is 3. The molecule has 1 fully saturated rings. The molecule has 0 aromatic heterocycles. The molecule has 0 saturated carbocycles. The lowest BCUT2D eigenvalue weighted by atomic mass is 10.0. The van der Waals surface area contributed by atoms with E-state index in [1.807, 2.05) is 0 Å². The molecular weight excluding hydrogens is 202 g/mol. The third-order valence-electron chi connectivity index (χ3n) is 3.16. The normalized spacial score (nSPS) is 20.7. The summed E-state index contributed by atoms with van der Waals surface area (Å²) in [4.78, 5) is 14.0. The Morgan fingerprint density at radius 2 is 2.25 bits per heavy atom. The summed E-state index contributed by atoms with van der Waals surface area (Å²) in [6.07, 6.45) is 2.19. The Morgan fingerprint density at radius 1 is 1.50 bits per heavy atom. The van der Waals surface area contributed by atoms with Crippen LogP contribution < -0.4 is 10.6 Å². The fourth-order valence-electron chi connectivity index (χ4n) is 1.95. The van der Waals surface area contributed by atoms with Gasteiger partial charge in [-0.2, -0.15) is 0 Å². The lowest BCUT2D eigenvalue weighted by molar-refractivity contribution is -0.124. The molecule has 1 aliphatic rings. The molecule has 0 unspecified atom stereocenters. The van der Waals surface area contributed by atoms with Crippen molar-refractivity contribution >= 4 is 5.91 Å². The van der Waals surface area contributed by atoms with Gasteiger partial charge in [0, 0.05) is 31.7 Å². The van der Waals surface area contributed by atoms with Gasteiger partial charge in [0.1, 0.15) is 0 Å². The topological polar surface area (TPSA) is 44.4 Å². The van der Waals surface area contributed by atoms with Crippen LogP contribution in [0.4, 0.5) is 0 Å². The molecular formula is C12H25N3O. The highest BCUT2D eigenvalue weighted by Crippen LogP contribution is 2.15. The van der Waals surface area contributed by atoms with Crippen LogP contribution in [0, 0.1) is 0 Å². The minimum atomic E-state index is 0.0837. The molecule has 4 heteroatoms. The second-order valence-electron chi connectivity index (χ2n) is 5.11. The van der Waals surface area contributed by atoms with Gasteiger partial charge >= 0.3 is 0 Å². The number of rotatable bonds is 5. The van der Waals surface area contributed by atoms with Crippen molar-refractivity contribution in [2.75, 3.05) is 32.7 Å². The van der Waals surface area contributed by atoms with Crippen LogP contribution in [0.5, 0.6) is 0 Å². The van der Waals surface area contributed by atoms with Crippen LogP contribution in [0.15, 0.2) is 0 Å². The van der Waals surface area contributed by atoms with Gasteiger partial charge in [0.25, 0.3) is 0 Å². The largest absolute Gasteiger partial charge is 0.355 e. The van der Waals surface area contributed by atoms with E-state index in [1.54, 1.807) is 0 Å². The third kappa shape index (κ3) is 4.10. The standard InChI is InChI=1S/C12H25N3O/c1-4-5-6-14-11(16)9-15-8-7-13-10-12(15,2)3/h13H,4-10H2,1-3H3,(H,14,16). The van der Waals surface area contributed by atoms with Gasteiger partial charge < -0.3 is 10.6 Å². The maximum Gasteiger partial charge on any atom is 0.234 e. The van der Waals surface area contributed by atoms with Gasteiger partial charge in [-0.05, 0) is 20.3 Å². The van der Waals surface area contributed by atoms with E-state index >= 15 is 0 Å². The molecule has 4 nitrogen and oxygen atoms in total. The molecule has 0 radical (unpaired) electrons. The minimum Gasteiger partial charge on any atom is -0.355 e. The van der Waals surface area contributed by atoms with Crippen LogP contribution in [0.2, 0.25) is 0 Å². The van der Waals surface area contributed by atoms with Gasteiger partial charge in [-0.25, -0.2) is 0 Å². The zero-order chi connectivity index (χ0) is 12.0. The Kier molecular flexibility index (Phi) is 5.22. The van der Waals surface area contributed by atoms with E-state index in [0.717, 1.165) is 39.0 Å². The van der Waals surface area contributed by atoms with Crippen molar-refractivity contribution in [3.05, 3.63) is 0 Å². The zero-order valence-electron chi connectivity index (χ0n) is 10.8. The summed E-state index contributed by atoms with van der Waals surface area (Å²) in [5, 5.41) is 6.32. The Morgan fingerprint density at radius 3 is 2.88 bits per heavy atom. The molecule has 0 aliphatic carbocycles. The van der Waals surface area contributed by atoms with Gasteiger partial charge in [0.15, 0.2) is 0 Å². The van der Waals surface area contributed by atoms with Crippen LogP contribution in [0.1, 0.15) is 33.6 Å². The lowest BCUT2D eigenvalue weighted by Gasteiger charge is -2.42. The molecule has 1 amide bonds. The quantitative estimate of drug-likeness (QED) is 0.676. The van der Waals surface area contributed by atoms with E-state index < -0.39 is 0 Å². The predicted molar refractivity (Wildman–Crippen MR) is 66.4 cm³/mol. The number of hydrogen-bond donors (Lipinski definition) is 2. The molecule has 1 rings (SSSR count). The van der Waals surface area contributed by atoms with E-state index in [9.17, 15) is 4.79 Å². The number of nitrogens with zero attached hydrogens (tertiary/aromatic N) is 1. The molecule has 0 aromatic carbocycles. The molecule has 1 heterocycles. The smallest absolute Gasteiger partial charge is 0.234 e. The summed E-state index contributed by atoms with van der Waals surface area (Å²) in [6, 6.07) is 0. The summed E-state index contributed by atoms with van der Waals surface area (Å²) < 4.78 is 0. The van der Waals surface area contributed by atoms with Crippen LogP contribution >= 0.6 is 0 Å². The summed E-state index contributed by atoms with van der Waals surface area (Å²) >= 11 is 0. The second kappa shape index (κ2) is 6.21. The van der Waals surface area contributed by atoms with Crippen LogP contribution in [-0.2, 0) is 4.79 Å². The SMILES string of the molecule is CCCCNC(=O)CN1CCNCC1(C)C. The van der Waals surface area contributed by atoms with Gasteiger partial charge in [-0.15, -0.1) is 0 Å². The van der Waals surface area contributed by atoms with E-state index in [1.165, 1.54) is 0 Å². The number of nitrogens with one attached hydrogen (secondary N) is 2. The first kappa shape index (κ1) is 13.5. The molecule has 0 aromatic rings. The summed E-state index contributed by atoms with van der Waals surface area (Å²) in [6.45, 7) is 10.7. The van der Waals surface area contributed by atoms with Gasteiger partial charge in [-0.1, -0.05) is 13.3 Å². The van der Waals surface area contributed by atoms with Crippen molar-refractivity contribution in [2.24, 2.45) is 0 Å². The van der Waals surface area contributed by atoms with E-state index in [4.69, 9.17) is 0 Å². The van der Waals surface area contributed by atoms with Crippen LogP contribution in [-0.4, -0.2) is 49.1 Å². The molecule has 0 atom stereocenters. The van der Waals surface area contributed by atoms with E-state index in [2.05, 4.69) is 36.3 Å². The average Bonchev–Trinajstić information content (AvgIpc) is 2.21. The van der Waals surface area contributed by atoms with Crippen LogP contribution in [0.25, 0.3) is 0 Å². The number of amides is 1. The van der Waals surface area contributed by atoms with Crippen LogP contribution in [0.3, 0.4) is 0 Å².